The van der Waals surface area contributed by atoms with Crippen LogP contribution in [-0.4, -0.2) is 13.4 Å². The fourth-order valence-corrected chi connectivity index (χ4v) is 2.30. The summed E-state index contributed by atoms with van der Waals surface area (Å²) >= 11 is 3.36. The van der Waals surface area contributed by atoms with Crippen molar-refractivity contribution in [2.24, 2.45) is 0 Å². The van der Waals surface area contributed by atoms with Crippen LogP contribution in [0.4, 0.5) is 0 Å². The highest BCUT2D eigenvalue weighted by Crippen LogP contribution is 2.27. The van der Waals surface area contributed by atoms with Crippen molar-refractivity contribution in [1.29, 1.82) is 5.26 Å². The number of benzene rings is 2. The van der Waals surface area contributed by atoms with Crippen molar-refractivity contribution in [3.63, 3.8) is 0 Å². The predicted octanol–water partition coefficient (Wildman–Crippen LogP) is 3.72. The highest BCUT2D eigenvalue weighted by molar-refractivity contribution is 9.10. The van der Waals surface area contributed by atoms with Crippen LogP contribution in [0.5, 0.6) is 11.5 Å². The molecule has 0 atom stereocenters. The van der Waals surface area contributed by atoms with Gasteiger partial charge in [-0.15, -0.1) is 0 Å². The second-order valence-electron chi connectivity index (χ2n) is 4.24. The molecule has 0 aliphatic rings. The Bertz CT molecular complexity index is 707. The highest BCUT2D eigenvalue weighted by Gasteiger charge is 2.06. The number of nitriles is 1. The van der Waals surface area contributed by atoms with Gasteiger partial charge in [-0.2, -0.15) is 5.26 Å². The Morgan fingerprint density at radius 2 is 2.05 bits per heavy atom. The maximum absolute atomic E-state index is 10.7. The average Bonchev–Trinajstić information content (AvgIpc) is 2.53. The van der Waals surface area contributed by atoms with Gasteiger partial charge in [0.15, 0.2) is 0 Å². The zero-order valence-corrected chi connectivity index (χ0v) is 12.9. The lowest BCUT2D eigenvalue weighted by Gasteiger charge is -2.10. The van der Waals surface area contributed by atoms with E-state index in [4.69, 9.17) is 14.7 Å². The minimum atomic E-state index is 0.334. The molecule has 0 aromatic heterocycles. The molecule has 4 nitrogen and oxygen atoms in total. The molecule has 2 rings (SSSR count). The Hall–Kier alpha value is -2.32. The van der Waals surface area contributed by atoms with Gasteiger partial charge in [-0.1, -0.05) is 6.07 Å². The molecule has 0 aliphatic carbocycles. The van der Waals surface area contributed by atoms with Crippen LogP contribution in [0.3, 0.4) is 0 Å². The number of hydrogen-bond acceptors (Lipinski definition) is 4. The first-order chi connectivity index (χ1) is 10.2. The van der Waals surface area contributed by atoms with Gasteiger partial charge in [0, 0.05) is 5.56 Å². The molecule has 0 fully saturated rings. The standard InChI is InChI=1S/C16H12BrNO3/c1-20-16-7-12(2-4-13(16)8-18)10-21-15-5-3-11(9-19)6-14(15)17/h2-7,9H,10H2,1H3. The van der Waals surface area contributed by atoms with Crippen molar-refractivity contribution < 1.29 is 14.3 Å². The SMILES string of the molecule is COc1cc(COc2ccc(C=O)cc2Br)ccc1C#N. The summed E-state index contributed by atoms with van der Waals surface area (Å²) in [4.78, 5) is 10.7. The third kappa shape index (κ3) is 3.61. The molecule has 106 valence electrons. The van der Waals surface area contributed by atoms with Crippen molar-refractivity contribution in [3.8, 4) is 17.6 Å². The maximum Gasteiger partial charge on any atom is 0.150 e. The first kappa shape index (κ1) is 15.1. The third-order valence-corrected chi connectivity index (χ3v) is 3.49. The van der Waals surface area contributed by atoms with Gasteiger partial charge >= 0.3 is 0 Å². The first-order valence-electron chi connectivity index (χ1n) is 6.12. The largest absolute Gasteiger partial charge is 0.495 e. The van der Waals surface area contributed by atoms with Crippen LogP contribution >= 0.6 is 15.9 Å². The highest BCUT2D eigenvalue weighted by atomic mass is 79.9. The van der Waals surface area contributed by atoms with Crippen LogP contribution in [0.1, 0.15) is 21.5 Å². The molecule has 0 saturated heterocycles. The number of aldehydes is 1. The van der Waals surface area contributed by atoms with Gasteiger partial charge in [0.25, 0.3) is 0 Å². The van der Waals surface area contributed by atoms with Crippen LogP contribution in [0.2, 0.25) is 0 Å². The van der Waals surface area contributed by atoms with E-state index in [1.54, 1.807) is 30.3 Å². The van der Waals surface area contributed by atoms with E-state index in [9.17, 15) is 4.79 Å². The first-order valence-corrected chi connectivity index (χ1v) is 6.91. The Balaban J connectivity index is 2.13. The maximum atomic E-state index is 10.7. The smallest absolute Gasteiger partial charge is 0.150 e. The summed E-state index contributed by atoms with van der Waals surface area (Å²) in [5, 5.41) is 8.94. The minimum Gasteiger partial charge on any atom is -0.495 e. The predicted molar refractivity (Wildman–Crippen MR) is 81.6 cm³/mol. The number of carbonyl (C=O) groups excluding carboxylic acids is 1. The fraction of sp³-hybridized carbons (Fsp3) is 0.125. The summed E-state index contributed by atoms with van der Waals surface area (Å²) in [6, 6.07) is 12.5. The molecule has 2 aromatic rings. The molecule has 0 amide bonds. The van der Waals surface area contributed by atoms with Crippen molar-refractivity contribution in [3.05, 3.63) is 57.6 Å². The molecule has 0 bridgehead atoms. The lowest BCUT2D eigenvalue weighted by molar-refractivity contribution is 0.112. The molecule has 0 saturated carbocycles. The summed E-state index contributed by atoms with van der Waals surface area (Å²) in [6.45, 7) is 0.334. The molecular formula is C16H12BrNO3. The zero-order valence-electron chi connectivity index (χ0n) is 11.3. The molecule has 0 N–H and O–H groups in total. The summed E-state index contributed by atoms with van der Waals surface area (Å²) in [5.41, 5.74) is 1.95. The summed E-state index contributed by atoms with van der Waals surface area (Å²) in [5.74, 6) is 1.16. The molecule has 0 radical (unpaired) electrons. The van der Waals surface area contributed by atoms with Gasteiger partial charge in [-0.3, -0.25) is 4.79 Å². The number of halogens is 1. The summed E-state index contributed by atoms with van der Waals surface area (Å²) in [6.07, 6.45) is 0.778. The van der Waals surface area contributed by atoms with Crippen LogP contribution in [-0.2, 0) is 6.61 Å². The van der Waals surface area contributed by atoms with Gasteiger partial charge < -0.3 is 9.47 Å². The van der Waals surface area contributed by atoms with E-state index >= 15 is 0 Å². The third-order valence-electron chi connectivity index (χ3n) is 2.87. The van der Waals surface area contributed by atoms with E-state index in [1.807, 2.05) is 6.07 Å². The van der Waals surface area contributed by atoms with Gasteiger partial charge in [0.2, 0.25) is 0 Å². The van der Waals surface area contributed by atoms with Crippen LogP contribution in [0.25, 0.3) is 0 Å². The van der Waals surface area contributed by atoms with E-state index in [2.05, 4.69) is 22.0 Å². The van der Waals surface area contributed by atoms with Crippen LogP contribution in [0.15, 0.2) is 40.9 Å². The second-order valence-corrected chi connectivity index (χ2v) is 5.10. The quantitative estimate of drug-likeness (QED) is 0.775. The van der Waals surface area contributed by atoms with Gasteiger partial charge in [0.1, 0.15) is 30.5 Å². The molecule has 0 heterocycles. The molecule has 0 spiro atoms. The van der Waals surface area contributed by atoms with Crippen LogP contribution in [0, 0.1) is 11.3 Å². The number of hydrogen-bond donors (Lipinski definition) is 0. The van der Waals surface area contributed by atoms with E-state index < -0.39 is 0 Å². The zero-order chi connectivity index (χ0) is 15.2. The van der Waals surface area contributed by atoms with Gasteiger partial charge in [0.05, 0.1) is 17.1 Å². The lowest BCUT2D eigenvalue weighted by atomic mass is 10.1. The Labute approximate surface area is 131 Å². The van der Waals surface area contributed by atoms with E-state index in [0.29, 0.717) is 33.7 Å². The molecule has 0 aliphatic heterocycles. The summed E-state index contributed by atoms with van der Waals surface area (Å²) in [7, 11) is 1.52. The lowest BCUT2D eigenvalue weighted by Crippen LogP contribution is -1.98. The van der Waals surface area contributed by atoms with Gasteiger partial charge in [-0.05, 0) is 51.8 Å². The summed E-state index contributed by atoms with van der Waals surface area (Å²) < 4.78 is 11.6. The molecule has 2 aromatic carbocycles. The Kier molecular flexibility index (Phi) is 4.96. The number of carbonyl (C=O) groups is 1. The van der Waals surface area contributed by atoms with Crippen molar-refractivity contribution >= 4 is 22.2 Å². The Morgan fingerprint density at radius 1 is 1.24 bits per heavy atom. The monoisotopic (exact) mass is 345 g/mol. The number of nitrogens with zero attached hydrogens (tertiary/aromatic N) is 1. The van der Waals surface area contributed by atoms with E-state index in [-0.39, 0.29) is 0 Å². The second kappa shape index (κ2) is 6.91. The van der Waals surface area contributed by atoms with Gasteiger partial charge in [-0.25, -0.2) is 0 Å². The minimum absolute atomic E-state index is 0.334. The average molecular weight is 346 g/mol. The molecule has 5 heteroatoms. The normalized spacial score (nSPS) is 9.76. The van der Waals surface area contributed by atoms with Crippen molar-refractivity contribution in [1.82, 2.24) is 0 Å². The van der Waals surface area contributed by atoms with Crippen molar-refractivity contribution in [2.45, 2.75) is 6.61 Å². The molecule has 0 unspecified atom stereocenters. The molecular weight excluding hydrogens is 334 g/mol. The van der Waals surface area contributed by atoms with E-state index in [1.165, 1.54) is 7.11 Å². The fourth-order valence-electron chi connectivity index (χ4n) is 1.79. The van der Waals surface area contributed by atoms with E-state index in [0.717, 1.165) is 11.8 Å². The van der Waals surface area contributed by atoms with Crippen molar-refractivity contribution in [2.75, 3.05) is 7.11 Å². The molecule has 21 heavy (non-hydrogen) atoms. The number of rotatable bonds is 5. The number of ether oxygens (including phenoxy) is 2. The Morgan fingerprint density at radius 3 is 2.67 bits per heavy atom. The number of methoxy groups -OCH3 is 1. The van der Waals surface area contributed by atoms with Crippen LogP contribution < -0.4 is 9.47 Å². The topological polar surface area (TPSA) is 59.3 Å².